The number of rotatable bonds is 8. The van der Waals surface area contributed by atoms with E-state index in [4.69, 9.17) is 21.1 Å². The van der Waals surface area contributed by atoms with Crippen molar-refractivity contribution in [2.45, 2.75) is 38.4 Å². The number of amides is 1. The van der Waals surface area contributed by atoms with Crippen molar-refractivity contribution < 1.29 is 14.3 Å². The quantitative estimate of drug-likeness (QED) is 0.378. The molecular weight excluding hydrogens is 440 g/mol. The summed E-state index contributed by atoms with van der Waals surface area (Å²) in [4.78, 5) is 33.4. The highest BCUT2D eigenvalue weighted by molar-refractivity contribution is 7.99. The standard InChI is InChI=1S/C21H25ClN4O4S/c1-6-12(3)26-20(28)19-15(7-11(2)23-19)25-21(26)31-10-18(27)24-14-8-13(22)16(29-4)9-17(14)30-5/h7-9,12,23H,6,10H2,1-5H3,(H,24,27). The summed E-state index contributed by atoms with van der Waals surface area (Å²) in [6, 6.07) is 4.95. The van der Waals surface area contributed by atoms with E-state index in [1.165, 1.54) is 26.0 Å². The average molecular weight is 465 g/mol. The summed E-state index contributed by atoms with van der Waals surface area (Å²) in [6.07, 6.45) is 0.758. The zero-order valence-electron chi connectivity index (χ0n) is 18.0. The highest BCUT2D eigenvalue weighted by atomic mass is 35.5. The lowest BCUT2D eigenvalue weighted by Gasteiger charge is -2.17. The molecule has 8 nitrogen and oxygen atoms in total. The molecule has 0 aliphatic rings. The Hall–Kier alpha value is -2.65. The maximum absolute atomic E-state index is 13.0. The fourth-order valence-electron chi connectivity index (χ4n) is 3.14. The van der Waals surface area contributed by atoms with Crippen LogP contribution in [-0.2, 0) is 4.79 Å². The summed E-state index contributed by atoms with van der Waals surface area (Å²) in [5.74, 6) is 0.658. The molecule has 10 heteroatoms. The molecule has 31 heavy (non-hydrogen) atoms. The predicted molar refractivity (Wildman–Crippen MR) is 124 cm³/mol. The van der Waals surface area contributed by atoms with Crippen molar-refractivity contribution in [1.29, 1.82) is 0 Å². The molecule has 1 atom stereocenters. The highest BCUT2D eigenvalue weighted by Gasteiger charge is 2.19. The zero-order chi connectivity index (χ0) is 22.7. The normalized spacial score (nSPS) is 12.1. The number of thioether (sulfide) groups is 1. The minimum Gasteiger partial charge on any atom is -0.495 e. The number of aromatic amines is 1. The number of halogens is 1. The van der Waals surface area contributed by atoms with Gasteiger partial charge in [0.25, 0.3) is 5.56 Å². The number of aromatic nitrogens is 3. The molecule has 3 rings (SSSR count). The van der Waals surface area contributed by atoms with Gasteiger partial charge in [-0.25, -0.2) is 4.98 Å². The monoisotopic (exact) mass is 464 g/mol. The van der Waals surface area contributed by atoms with Gasteiger partial charge in [-0.3, -0.25) is 14.2 Å². The van der Waals surface area contributed by atoms with Crippen molar-refractivity contribution in [3.8, 4) is 11.5 Å². The largest absolute Gasteiger partial charge is 0.495 e. The fourth-order valence-corrected chi connectivity index (χ4v) is 4.28. The highest BCUT2D eigenvalue weighted by Crippen LogP contribution is 2.36. The second-order valence-electron chi connectivity index (χ2n) is 7.06. The van der Waals surface area contributed by atoms with Gasteiger partial charge in [0.15, 0.2) is 5.16 Å². The topological polar surface area (TPSA) is 98.2 Å². The van der Waals surface area contributed by atoms with Crippen molar-refractivity contribution in [2.75, 3.05) is 25.3 Å². The van der Waals surface area contributed by atoms with E-state index in [2.05, 4.69) is 15.3 Å². The zero-order valence-corrected chi connectivity index (χ0v) is 19.6. The number of carbonyl (C=O) groups excluding carboxylic acids is 1. The van der Waals surface area contributed by atoms with Gasteiger partial charge >= 0.3 is 0 Å². The first kappa shape index (κ1) is 23.0. The second kappa shape index (κ2) is 9.65. The molecule has 1 amide bonds. The van der Waals surface area contributed by atoms with Gasteiger partial charge in [0, 0.05) is 17.8 Å². The summed E-state index contributed by atoms with van der Waals surface area (Å²) in [5.41, 5.74) is 2.22. The molecule has 0 spiro atoms. The van der Waals surface area contributed by atoms with Crippen LogP contribution in [0, 0.1) is 6.92 Å². The van der Waals surface area contributed by atoms with Gasteiger partial charge in [-0.2, -0.15) is 0 Å². The number of nitrogens with zero attached hydrogens (tertiary/aromatic N) is 2. The summed E-state index contributed by atoms with van der Waals surface area (Å²) >= 11 is 7.38. The predicted octanol–water partition coefficient (Wildman–Crippen LogP) is 4.41. The number of benzene rings is 1. The first-order valence-electron chi connectivity index (χ1n) is 9.75. The number of fused-ring (bicyclic) bond motifs is 1. The van der Waals surface area contributed by atoms with Crippen molar-refractivity contribution in [3.05, 3.63) is 39.3 Å². The van der Waals surface area contributed by atoms with Crippen LogP contribution in [0.25, 0.3) is 11.0 Å². The van der Waals surface area contributed by atoms with Crippen molar-refractivity contribution in [1.82, 2.24) is 14.5 Å². The Balaban J connectivity index is 1.85. The van der Waals surface area contributed by atoms with Crippen LogP contribution < -0.4 is 20.3 Å². The van der Waals surface area contributed by atoms with Gasteiger partial charge in [-0.15, -0.1) is 0 Å². The minimum absolute atomic E-state index is 0.0564. The van der Waals surface area contributed by atoms with E-state index < -0.39 is 0 Å². The van der Waals surface area contributed by atoms with Gasteiger partial charge in [-0.05, 0) is 32.4 Å². The van der Waals surface area contributed by atoms with Crippen molar-refractivity contribution in [3.63, 3.8) is 0 Å². The first-order chi connectivity index (χ1) is 14.8. The number of hydrogen-bond donors (Lipinski definition) is 2. The molecule has 0 fully saturated rings. The lowest BCUT2D eigenvalue weighted by Crippen LogP contribution is -2.26. The number of H-pyrrole nitrogens is 1. The van der Waals surface area contributed by atoms with Crippen LogP contribution in [0.15, 0.2) is 28.2 Å². The maximum Gasteiger partial charge on any atom is 0.278 e. The van der Waals surface area contributed by atoms with Crippen LogP contribution in [0.4, 0.5) is 5.69 Å². The second-order valence-corrected chi connectivity index (χ2v) is 8.41. The Bertz CT molecular complexity index is 1170. The third kappa shape index (κ3) is 4.83. The molecule has 0 bridgehead atoms. The van der Waals surface area contributed by atoms with Crippen LogP contribution in [-0.4, -0.2) is 40.4 Å². The van der Waals surface area contributed by atoms with Gasteiger partial charge in [0.05, 0.1) is 36.2 Å². The molecule has 2 heterocycles. The third-order valence-electron chi connectivity index (χ3n) is 4.90. The summed E-state index contributed by atoms with van der Waals surface area (Å²) in [5, 5.41) is 3.65. The van der Waals surface area contributed by atoms with E-state index in [0.29, 0.717) is 38.4 Å². The molecular formula is C21H25ClN4O4S. The van der Waals surface area contributed by atoms with E-state index in [1.54, 1.807) is 16.7 Å². The number of carbonyl (C=O) groups is 1. The molecule has 166 valence electrons. The Morgan fingerprint density at radius 3 is 2.65 bits per heavy atom. The Kier molecular flexibility index (Phi) is 7.17. The molecule has 3 aromatic rings. The molecule has 2 aromatic heterocycles. The SMILES string of the molecule is CCC(C)n1c(SCC(=O)Nc2cc(Cl)c(OC)cc2OC)nc2cc(C)[nH]c2c1=O. The summed E-state index contributed by atoms with van der Waals surface area (Å²) in [7, 11) is 3.00. The van der Waals surface area contributed by atoms with E-state index in [1.807, 2.05) is 26.8 Å². The molecule has 0 saturated carbocycles. The number of aryl methyl sites for hydroxylation is 1. The van der Waals surface area contributed by atoms with E-state index in [-0.39, 0.29) is 23.3 Å². The van der Waals surface area contributed by atoms with Crippen molar-refractivity contribution >= 4 is 46.0 Å². The maximum atomic E-state index is 13.0. The molecule has 0 aliphatic heterocycles. The molecule has 2 N–H and O–H groups in total. The number of anilines is 1. The first-order valence-corrected chi connectivity index (χ1v) is 11.1. The molecule has 0 aliphatic carbocycles. The van der Waals surface area contributed by atoms with Crippen LogP contribution >= 0.6 is 23.4 Å². The van der Waals surface area contributed by atoms with Crippen LogP contribution in [0.3, 0.4) is 0 Å². The number of hydrogen-bond acceptors (Lipinski definition) is 6. The number of nitrogens with one attached hydrogen (secondary N) is 2. The Morgan fingerprint density at radius 1 is 1.29 bits per heavy atom. The molecule has 0 radical (unpaired) electrons. The lowest BCUT2D eigenvalue weighted by molar-refractivity contribution is -0.113. The van der Waals surface area contributed by atoms with Crippen LogP contribution in [0.1, 0.15) is 32.0 Å². The van der Waals surface area contributed by atoms with Gasteiger partial charge in [0.1, 0.15) is 17.0 Å². The summed E-state index contributed by atoms with van der Waals surface area (Å²) in [6.45, 7) is 5.84. The van der Waals surface area contributed by atoms with E-state index >= 15 is 0 Å². The Morgan fingerprint density at radius 2 is 2.00 bits per heavy atom. The fraction of sp³-hybridized carbons (Fsp3) is 0.381. The van der Waals surface area contributed by atoms with E-state index in [0.717, 1.165) is 12.1 Å². The van der Waals surface area contributed by atoms with Gasteiger partial charge < -0.3 is 19.8 Å². The number of methoxy groups -OCH3 is 2. The van der Waals surface area contributed by atoms with E-state index in [9.17, 15) is 9.59 Å². The molecule has 1 unspecified atom stereocenters. The van der Waals surface area contributed by atoms with Gasteiger partial charge in [-0.1, -0.05) is 30.3 Å². The molecule has 1 aromatic carbocycles. The van der Waals surface area contributed by atoms with Gasteiger partial charge in [0.2, 0.25) is 5.91 Å². The van der Waals surface area contributed by atoms with Crippen molar-refractivity contribution in [2.24, 2.45) is 0 Å². The third-order valence-corrected chi connectivity index (χ3v) is 6.15. The number of ether oxygens (including phenoxy) is 2. The summed E-state index contributed by atoms with van der Waals surface area (Å²) < 4.78 is 12.1. The Labute approximate surface area is 189 Å². The minimum atomic E-state index is -0.278. The lowest BCUT2D eigenvalue weighted by atomic mass is 10.2. The average Bonchev–Trinajstić information content (AvgIpc) is 3.12. The van der Waals surface area contributed by atoms with Crippen LogP contribution in [0.2, 0.25) is 5.02 Å². The smallest absolute Gasteiger partial charge is 0.278 e. The van der Waals surface area contributed by atoms with Crippen LogP contribution in [0.5, 0.6) is 11.5 Å². The molecule has 0 saturated heterocycles.